The van der Waals surface area contributed by atoms with Gasteiger partial charge >= 0.3 is 0 Å². The number of thiophene rings is 1. The Balaban J connectivity index is 2.07. The summed E-state index contributed by atoms with van der Waals surface area (Å²) in [6.45, 7) is 2.93. The van der Waals surface area contributed by atoms with Crippen LogP contribution in [0.4, 0.5) is 11.4 Å². The number of halogens is 1. The summed E-state index contributed by atoms with van der Waals surface area (Å²) in [5.41, 5.74) is 7.63. The highest BCUT2D eigenvalue weighted by molar-refractivity contribution is 9.10. The van der Waals surface area contributed by atoms with Crippen LogP contribution in [-0.4, -0.2) is 0 Å². The number of benzene rings is 1. The molecule has 0 spiro atoms. The van der Waals surface area contributed by atoms with Crippen molar-refractivity contribution in [2.24, 2.45) is 0 Å². The maximum atomic E-state index is 5.88. The smallest absolute Gasteiger partial charge is 0.0588 e. The lowest BCUT2D eigenvalue weighted by molar-refractivity contribution is 1.19. The third-order valence-corrected chi connectivity index (χ3v) is 3.76. The van der Waals surface area contributed by atoms with Gasteiger partial charge in [-0.1, -0.05) is 15.9 Å². The Bertz CT molecular complexity index is 494. The molecule has 2 aromatic rings. The molecule has 0 radical (unpaired) electrons. The van der Waals surface area contributed by atoms with Crippen molar-refractivity contribution in [2.75, 3.05) is 11.1 Å². The molecule has 84 valence electrons. The number of rotatable bonds is 3. The van der Waals surface area contributed by atoms with Gasteiger partial charge in [-0.05, 0) is 37.3 Å². The highest BCUT2D eigenvalue weighted by atomic mass is 79.9. The molecule has 0 aliphatic rings. The fourth-order valence-corrected chi connectivity index (χ4v) is 2.64. The molecule has 16 heavy (non-hydrogen) atoms. The SMILES string of the molecule is Cc1ccc(CNc2cc(Br)ccc2N)s1. The molecule has 0 saturated carbocycles. The van der Waals surface area contributed by atoms with Crippen molar-refractivity contribution in [3.63, 3.8) is 0 Å². The van der Waals surface area contributed by atoms with Crippen LogP contribution in [0.25, 0.3) is 0 Å². The molecule has 2 nitrogen and oxygen atoms in total. The van der Waals surface area contributed by atoms with Gasteiger partial charge in [-0.3, -0.25) is 0 Å². The van der Waals surface area contributed by atoms with Crippen molar-refractivity contribution < 1.29 is 0 Å². The summed E-state index contributed by atoms with van der Waals surface area (Å²) in [6, 6.07) is 10.1. The van der Waals surface area contributed by atoms with E-state index in [-0.39, 0.29) is 0 Å². The molecule has 0 aliphatic carbocycles. The van der Waals surface area contributed by atoms with E-state index in [9.17, 15) is 0 Å². The van der Waals surface area contributed by atoms with Gasteiger partial charge in [0.15, 0.2) is 0 Å². The second kappa shape index (κ2) is 4.89. The Morgan fingerprint density at radius 2 is 2.12 bits per heavy atom. The van der Waals surface area contributed by atoms with Gasteiger partial charge in [-0.15, -0.1) is 11.3 Å². The molecular formula is C12H13BrN2S. The molecule has 0 fully saturated rings. The van der Waals surface area contributed by atoms with Gasteiger partial charge in [0.2, 0.25) is 0 Å². The van der Waals surface area contributed by atoms with E-state index in [4.69, 9.17) is 5.73 Å². The Labute approximate surface area is 108 Å². The Morgan fingerprint density at radius 3 is 2.81 bits per heavy atom. The van der Waals surface area contributed by atoms with Crippen molar-refractivity contribution in [3.05, 3.63) is 44.6 Å². The minimum absolute atomic E-state index is 0.775. The summed E-state index contributed by atoms with van der Waals surface area (Å²) in [5, 5.41) is 3.34. The number of aryl methyl sites for hydroxylation is 1. The van der Waals surface area contributed by atoms with Gasteiger partial charge in [0.05, 0.1) is 11.4 Å². The lowest BCUT2D eigenvalue weighted by Crippen LogP contribution is -2.00. The van der Waals surface area contributed by atoms with E-state index in [0.717, 1.165) is 22.4 Å². The fraction of sp³-hybridized carbons (Fsp3) is 0.167. The molecule has 0 saturated heterocycles. The van der Waals surface area contributed by atoms with Crippen LogP contribution in [0.3, 0.4) is 0 Å². The monoisotopic (exact) mass is 296 g/mol. The van der Waals surface area contributed by atoms with Gasteiger partial charge in [0, 0.05) is 20.8 Å². The number of nitrogens with one attached hydrogen (secondary N) is 1. The minimum atomic E-state index is 0.775. The van der Waals surface area contributed by atoms with Crippen LogP contribution in [0.5, 0.6) is 0 Å². The Morgan fingerprint density at radius 1 is 1.31 bits per heavy atom. The quantitative estimate of drug-likeness (QED) is 0.840. The summed E-state index contributed by atoms with van der Waals surface area (Å²) in [7, 11) is 0. The molecule has 2 rings (SSSR count). The van der Waals surface area contributed by atoms with E-state index in [0.29, 0.717) is 0 Å². The summed E-state index contributed by atoms with van der Waals surface area (Å²) in [5.74, 6) is 0. The van der Waals surface area contributed by atoms with Gasteiger partial charge in [0.25, 0.3) is 0 Å². The Kier molecular flexibility index (Phi) is 3.51. The highest BCUT2D eigenvalue weighted by Crippen LogP contribution is 2.24. The molecule has 1 heterocycles. The zero-order valence-electron chi connectivity index (χ0n) is 8.96. The predicted molar refractivity (Wildman–Crippen MR) is 74.9 cm³/mol. The van der Waals surface area contributed by atoms with Crippen molar-refractivity contribution in [1.82, 2.24) is 0 Å². The first-order chi connectivity index (χ1) is 7.65. The third-order valence-electron chi connectivity index (χ3n) is 2.26. The van der Waals surface area contributed by atoms with E-state index in [2.05, 4.69) is 40.3 Å². The number of nitrogens with two attached hydrogens (primary N) is 1. The molecule has 0 bridgehead atoms. The number of anilines is 2. The van der Waals surface area contributed by atoms with Crippen LogP contribution in [0.15, 0.2) is 34.8 Å². The van der Waals surface area contributed by atoms with Crippen molar-refractivity contribution in [1.29, 1.82) is 0 Å². The normalized spacial score (nSPS) is 10.4. The predicted octanol–water partition coefficient (Wildman–Crippen LogP) is 4.01. The standard InChI is InChI=1S/C12H13BrN2S/c1-8-2-4-10(16-8)7-15-12-6-9(13)3-5-11(12)14/h2-6,15H,7,14H2,1H3. The first-order valence-corrected chi connectivity index (χ1v) is 6.60. The highest BCUT2D eigenvalue weighted by Gasteiger charge is 2.01. The van der Waals surface area contributed by atoms with Gasteiger partial charge in [0.1, 0.15) is 0 Å². The first-order valence-electron chi connectivity index (χ1n) is 4.99. The fourth-order valence-electron chi connectivity index (χ4n) is 1.44. The van der Waals surface area contributed by atoms with Crippen LogP contribution in [-0.2, 0) is 6.54 Å². The van der Waals surface area contributed by atoms with Crippen molar-refractivity contribution in [3.8, 4) is 0 Å². The molecule has 1 aromatic carbocycles. The molecule has 1 aromatic heterocycles. The molecular weight excluding hydrogens is 284 g/mol. The topological polar surface area (TPSA) is 38.0 Å². The van der Waals surface area contributed by atoms with E-state index < -0.39 is 0 Å². The number of nitrogen functional groups attached to an aromatic ring is 1. The van der Waals surface area contributed by atoms with E-state index in [1.54, 1.807) is 11.3 Å². The van der Waals surface area contributed by atoms with Gasteiger partial charge < -0.3 is 11.1 Å². The Hall–Kier alpha value is -1.00. The summed E-state index contributed by atoms with van der Waals surface area (Å²) in [4.78, 5) is 2.65. The van der Waals surface area contributed by atoms with Crippen LogP contribution in [0, 0.1) is 6.92 Å². The molecule has 0 atom stereocenters. The average Bonchev–Trinajstić information content (AvgIpc) is 2.66. The second-order valence-corrected chi connectivity index (χ2v) is 5.89. The minimum Gasteiger partial charge on any atom is -0.397 e. The summed E-state index contributed by atoms with van der Waals surface area (Å²) < 4.78 is 1.03. The largest absolute Gasteiger partial charge is 0.397 e. The second-order valence-electron chi connectivity index (χ2n) is 3.60. The van der Waals surface area contributed by atoms with Crippen LogP contribution < -0.4 is 11.1 Å². The molecule has 0 amide bonds. The third kappa shape index (κ3) is 2.77. The van der Waals surface area contributed by atoms with Gasteiger partial charge in [-0.2, -0.15) is 0 Å². The average molecular weight is 297 g/mol. The van der Waals surface area contributed by atoms with Crippen molar-refractivity contribution in [2.45, 2.75) is 13.5 Å². The zero-order chi connectivity index (χ0) is 11.5. The van der Waals surface area contributed by atoms with Crippen LogP contribution in [0.1, 0.15) is 9.75 Å². The summed E-state index contributed by atoms with van der Waals surface area (Å²) in [6.07, 6.45) is 0. The maximum Gasteiger partial charge on any atom is 0.0588 e. The van der Waals surface area contributed by atoms with E-state index >= 15 is 0 Å². The lowest BCUT2D eigenvalue weighted by atomic mass is 10.2. The van der Waals surface area contributed by atoms with E-state index in [1.165, 1.54) is 9.75 Å². The van der Waals surface area contributed by atoms with Crippen molar-refractivity contribution >= 4 is 38.6 Å². The number of hydrogen-bond acceptors (Lipinski definition) is 3. The van der Waals surface area contributed by atoms with Gasteiger partial charge in [-0.25, -0.2) is 0 Å². The molecule has 0 aliphatic heterocycles. The first kappa shape index (κ1) is 11.5. The van der Waals surface area contributed by atoms with Crippen LogP contribution >= 0.6 is 27.3 Å². The zero-order valence-corrected chi connectivity index (χ0v) is 11.4. The summed E-state index contributed by atoms with van der Waals surface area (Å²) >= 11 is 5.24. The molecule has 0 unspecified atom stereocenters. The molecule has 3 N–H and O–H groups in total. The maximum absolute atomic E-state index is 5.88. The number of hydrogen-bond donors (Lipinski definition) is 2. The lowest BCUT2D eigenvalue weighted by Gasteiger charge is -2.08. The van der Waals surface area contributed by atoms with Crippen LogP contribution in [0.2, 0.25) is 0 Å². The van der Waals surface area contributed by atoms with E-state index in [1.807, 2.05) is 18.2 Å². The molecule has 4 heteroatoms.